The summed E-state index contributed by atoms with van der Waals surface area (Å²) in [5.74, 6) is 0.0683. The van der Waals surface area contributed by atoms with Gasteiger partial charge in [0.2, 0.25) is 5.75 Å². The van der Waals surface area contributed by atoms with Crippen molar-refractivity contribution in [3.63, 3.8) is 0 Å². The summed E-state index contributed by atoms with van der Waals surface area (Å²) in [5, 5.41) is 3.35. The van der Waals surface area contributed by atoms with E-state index in [0.29, 0.717) is 22.3 Å². The van der Waals surface area contributed by atoms with Crippen LogP contribution in [0.4, 0.5) is 20.2 Å². The van der Waals surface area contributed by atoms with E-state index in [1.165, 1.54) is 4.57 Å². The van der Waals surface area contributed by atoms with Crippen molar-refractivity contribution in [2.24, 2.45) is 7.05 Å². The summed E-state index contributed by atoms with van der Waals surface area (Å²) in [4.78, 5) is 12.3. The number of alkyl halides is 2. The molecule has 1 aliphatic heterocycles. The zero-order valence-electron chi connectivity index (χ0n) is 11.4. The molecule has 112 valence electrons. The quantitative estimate of drug-likeness (QED) is 0.789. The summed E-state index contributed by atoms with van der Waals surface area (Å²) in [7, 11) is 1.61. The highest BCUT2D eigenvalue weighted by Gasteiger charge is 2.28. The van der Waals surface area contributed by atoms with Crippen molar-refractivity contribution in [2.75, 3.05) is 17.7 Å². The van der Waals surface area contributed by atoms with Crippen molar-refractivity contribution < 1.29 is 13.5 Å². The van der Waals surface area contributed by atoms with Gasteiger partial charge in [-0.3, -0.25) is 4.79 Å². The van der Waals surface area contributed by atoms with Crippen LogP contribution in [0.15, 0.2) is 23.0 Å². The second-order valence-corrected chi connectivity index (χ2v) is 5.07. The van der Waals surface area contributed by atoms with Crippen molar-refractivity contribution in [3.8, 4) is 5.75 Å². The Bertz CT molecular complexity index is 758. The van der Waals surface area contributed by atoms with Gasteiger partial charge in [0.25, 0.3) is 12.0 Å². The maximum Gasteiger partial charge on any atom is 0.295 e. The van der Waals surface area contributed by atoms with Crippen LogP contribution in [-0.4, -0.2) is 23.6 Å². The van der Waals surface area contributed by atoms with E-state index in [1.807, 2.05) is 0 Å². The summed E-state index contributed by atoms with van der Waals surface area (Å²) in [6.07, 6.45) is -2.42. The predicted octanol–water partition coefficient (Wildman–Crippen LogP) is 1.95. The third kappa shape index (κ3) is 2.18. The molecule has 2 heterocycles. The fourth-order valence-electron chi connectivity index (χ4n) is 2.55. The number of aryl methyl sites for hydroxylation is 1. The molecule has 1 aliphatic rings. The van der Waals surface area contributed by atoms with Gasteiger partial charge < -0.3 is 20.4 Å². The average Bonchev–Trinajstić information content (AvgIpc) is 2.67. The van der Waals surface area contributed by atoms with Crippen molar-refractivity contribution in [2.45, 2.75) is 18.9 Å². The Morgan fingerprint density at radius 3 is 2.95 bits per heavy atom. The summed E-state index contributed by atoms with van der Waals surface area (Å²) >= 11 is 0. The van der Waals surface area contributed by atoms with Gasteiger partial charge in [-0.15, -0.1) is 0 Å². The first-order valence-electron chi connectivity index (χ1n) is 6.58. The lowest BCUT2D eigenvalue weighted by atomic mass is 10.1. The summed E-state index contributed by atoms with van der Waals surface area (Å²) < 4.78 is 32.9. The first-order valence-corrected chi connectivity index (χ1v) is 6.58. The SMILES string of the molecule is Cn1c(=O)c2c(c3cc(N)ccc31)NC(C(F)F)CCO2. The maximum atomic E-state index is 13.0. The molecule has 0 saturated carbocycles. The molecule has 5 nitrogen and oxygen atoms in total. The molecule has 3 rings (SSSR count). The Morgan fingerprint density at radius 1 is 1.48 bits per heavy atom. The third-order valence-electron chi connectivity index (χ3n) is 3.69. The first kappa shape index (κ1) is 13.7. The summed E-state index contributed by atoms with van der Waals surface area (Å²) in [6, 6.07) is 3.95. The average molecular weight is 295 g/mol. The molecule has 1 atom stereocenters. The highest BCUT2D eigenvalue weighted by atomic mass is 19.3. The van der Waals surface area contributed by atoms with E-state index in [-0.39, 0.29) is 24.3 Å². The number of nitrogens with two attached hydrogens (primary N) is 1. The van der Waals surface area contributed by atoms with E-state index in [0.717, 1.165) is 0 Å². The molecule has 0 saturated heterocycles. The number of nitrogens with one attached hydrogen (secondary N) is 1. The molecule has 0 aliphatic carbocycles. The number of ether oxygens (including phenoxy) is 1. The van der Waals surface area contributed by atoms with Gasteiger partial charge in [0, 0.05) is 24.5 Å². The van der Waals surface area contributed by atoms with E-state index in [4.69, 9.17) is 10.5 Å². The third-order valence-corrected chi connectivity index (χ3v) is 3.69. The Morgan fingerprint density at radius 2 is 2.24 bits per heavy atom. The van der Waals surface area contributed by atoms with Gasteiger partial charge in [0.05, 0.1) is 23.9 Å². The van der Waals surface area contributed by atoms with E-state index < -0.39 is 12.5 Å². The molecule has 21 heavy (non-hydrogen) atoms. The zero-order chi connectivity index (χ0) is 15.1. The van der Waals surface area contributed by atoms with Crippen molar-refractivity contribution in [1.29, 1.82) is 0 Å². The highest BCUT2D eigenvalue weighted by molar-refractivity contribution is 5.96. The van der Waals surface area contributed by atoms with Crippen LogP contribution in [0.2, 0.25) is 0 Å². The van der Waals surface area contributed by atoms with Gasteiger partial charge in [-0.25, -0.2) is 8.78 Å². The number of benzene rings is 1. The second kappa shape index (κ2) is 4.91. The number of aromatic nitrogens is 1. The van der Waals surface area contributed by atoms with Gasteiger partial charge in [0.1, 0.15) is 0 Å². The van der Waals surface area contributed by atoms with Gasteiger partial charge >= 0.3 is 0 Å². The minimum Gasteiger partial charge on any atom is -0.486 e. The molecular formula is C14H15F2N3O2. The van der Waals surface area contributed by atoms with Crippen LogP contribution in [0.1, 0.15) is 6.42 Å². The van der Waals surface area contributed by atoms with E-state index in [9.17, 15) is 13.6 Å². The van der Waals surface area contributed by atoms with Crippen LogP contribution in [0.5, 0.6) is 5.75 Å². The molecule has 0 amide bonds. The smallest absolute Gasteiger partial charge is 0.295 e. The number of hydrogen-bond acceptors (Lipinski definition) is 4. The number of rotatable bonds is 1. The number of halogens is 2. The molecule has 2 aromatic rings. The molecule has 1 unspecified atom stereocenters. The van der Waals surface area contributed by atoms with E-state index in [2.05, 4.69) is 5.32 Å². The first-order chi connectivity index (χ1) is 9.99. The van der Waals surface area contributed by atoms with Crippen LogP contribution in [-0.2, 0) is 7.05 Å². The summed E-state index contributed by atoms with van der Waals surface area (Å²) in [6.45, 7) is 0.0675. The van der Waals surface area contributed by atoms with Crippen LogP contribution in [0.3, 0.4) is 0 Å². The standard InChI is InChI=1S/C14H15F2N3O2/c1-19-10-3-2-7(17)6-8(10)11-12(14(19)20)21-5-4-9(18-11)13(15)16/h2-3,6,9,13,18H,4-5,17H2,1H3. The van der Waals surface area contributed by atoms with Crippen molar-refractivity contribution in [3.05, 3.63) is 28.6 Å². The van der Waals surface area contributed by atoms with Crippen LogP contribution in [0.25, 0.3) is 10.9 Å². The van der Waals surface area contributed by atoms with E-state index >= 15 is 0 Å². The molecule has 3 N–H and O–H groups in total. The molecular weight excluding hydrogens is 280 g/mol. The van der Waals surface area contributed by atoms with Crippen molar-refractivity contribution in [1.82, 2.24) is 4.57 Å². The Kier molecular flexibility index (Phi) is 3.19. The normalized spacial score (nSPS) is 18.0. The summed E-state index contributed by atoms with van der Waals surface area (Å²) in [5.41, 5.74) is 6.81. The van der Waals surface area contributed by atoms with Gasteiger partial charge in [0.15, 0.2) is 0 Å². The molecule has 0 bridgehead atoms. The monoisotopic (exact) mass is 295 g/mol. The van der Waals surface area contributed by atoms with Crippen LogP contribution in [0, 0.1) is 0 Å². The minimum atomic E-state index is -2.54. The number of hydrogen-bond donors (Lipinski definition) is 2. The molecule has 0 spiro atoms. The van der Waals surface area contributed by atoms with E-state index in [1.54, 1.807) is 25.2 Å². The minimum absolute atomic E-state index is 0.0675. The number of anilines is 2. The maximum absolute atomic E-state index is 13.0. The zero-order valence-corrected chi connectivity index (χ0v) is 11.4. The Balaban J connectivity index is 2.31. The lowest BCUT2D eigenvalue weighted by molar-refractivity contribution is 0.115. The Labute approximate surface area is 119 Å². The van der Waals surface area contributed by atoms with Crippen LogP contribution < -0.4 is 21.3 Å². The fourth-order valence-corrected chi connectivity index (χ4v) is 2.55. The second-order valence-electron chi connectivity index (χ2n) is 5.07. The van der Waals surface area contributed by atoms with Crippen LogP contribution >= 0.6 is 0 Å². The van der Waals surface area contributed by atoms with Gasteiger partial charge in [-0.2, -0.15) is 0 Å². The highest BCUT2D eigenvalue weighted by Crippen LogP contribution is 2.34. The predicted molar refractivity (Wildman–Crippen MR) is 77.1 cm³/mol. The van der Waals surface area contributed by atoms with Crippen molar-refractivity contribution >= 4 is 22.3 Å². The molecule has 1 aromatic carbocycles. The lowest BCUT2D eigenvalue weighted by Crippen LogP contribution is -2.28. The molecule has 7 heteroatoms. The largest absolute Gasteiger partial charge is 0.486 e. The van der Waals surface area contributed by atoms with Gasteiger partial charge in [-0.05, 0) is 18.2 Å². The number of nitrogen functional groups attached to an aromatic ring is 1. The topological polar surface area (TPSA) is 69.3 Å². The number of fused-ring (bicyclic) bond motifs is 3. The van der Waals surface area contributed by atoms with Gasteiger partial charge in [-0.1, -0.05) is 0 Å². The molecule has 0 fully saturated rings. The molecule has 0 radical (unpaired) electrons. The lowest BCUT2D eigenvalue weighted by Gasteiger charge is -2.18. The Hall–Kier alpha value is -2.31. The number of pyridine rings is 1. The molecule has 1 aromatic heterocycles. The fraction of sp³-hybridized carbons (Fsp3) is 0.357. The number of nitrogens with zero attached hydrogens (tertiary/aromatic N) is 1.